The maximum absolute atomic E-state index is 15.3. The van der Waals surface area contributed by atoms with E-state index in [0.29, 0.717) is 28.3 Å². The van der Waals surface area contributed by atoms with Gasteiger partial charge < -0.3 is 9.94 Å². The molecule has 0 spiro atoms. The molecule has 0 radical (unpaired) electrons. The monoisotopic (exact) mass is 600 g/mol. The number of halogens is 2. The molecule has 0 saturated carbocycles. The Morgan fingerprint density at radius 3 is 2.63 bits per heavy atom. The molecule has 43 heavy (non-hydrogen) atoms. The number of aromatic nitrogens is 9. The lowest BCUT2D eigenvalue weighted by Crippen LogP contribution is -2.37. The number of benzene rings is 2. The summed E-state index contributed by atoms with van der Waals surface area (Å²) in [4.78, 5) is 11.5. The highest BCUT2D eigenvalue weighted by atomic mass is 35.5. The first-order valence-corrected chi connectivity index (χ1v) is 13.2. The number of amides is 1. The van der Waals surface area contributed by atoms with Crippen LogP contribution in [0.3, 0.4) is 0 Å². The molecule has 13 nitrogen and oxygen atoms in total. The van der Waals surface area contributed by atoms with Gasteiger partial charge in [-0.2, -0.15) is 19.6 Å². The number of nitrogens with zero attached hydrogens (tertiary/aromatic N) is 9. The minimum atomic E-state index is -0.708. The van der Waals surface area contributed by atoms with Crippen LogP contribution < -0.4 is 10.0 Å². The van der Waals surface area contributed by atoms with Crippen molar-refractivity contribution >= 4 is 23.4 Å². The second kappa shape index (κ2) is 11.7. The summed E-state index contributed by atoms with van der Waals surface area (Å²) in [6, 6.07) is 14.6. The van der Waals surface area contributed by atoms with E-state index in [1.165, 1.54) is 30.4 Å². The number of carbonyl (C=O) groups excluding carboxylic acids is 1. The summed E-state index contributed by atoms with van der Waals surface area (Å²) in [7, 11) is 1.29. The fraction of sp³-hybridized carbons (Fsp3) is 0.107. The van der Waals surface area contributed by atoms with Gasteiger partial charge in [0.25, 0.3) is 0 Å². The molecule has 1 atom stereocenters. The predicted molar refractivity (Wildman–Crippen MR) is 153 cm³/mol. The Hall–Kier alpha value is -5.63. The van der Waals surface area contributed by atoms with Gasteiger partial charge >= 0.3 is 6.09 Å². The minimum Gasteiger partial charge on any atom is -0.618 e. The van der Waals surface area contributed by atoms with Gasteiger partial charge in [0.15, 0.2) is 18.1 Å². The van der Waals surface area contributed by atoms with Gasteiger partial charge in [-0.1, -0.05) is 23.7 Å². The first kappa shape index (κ1) is 27.5. The minimum absolute atomic E-state index is 0.0751. The summed E-state index contributed by atoms with van der Waals surface area (Å²) in [5, 5.41) is 36.0. The van der Waals surface area contributed by atoms with E-state index in [-0.39, 0.29) is 16.1 Å². The van der Waals surface area contributed by atoms with E-state index in [1.54, 1.807) is 64.4 Å². The van der Waals surface area contributed by atoms with Crippen molar-refractivity contribution in [2.75, 3.05) is 12.4 Å². The van der Waals surface area contributed by atoms with E-state index < -0.39 is 18.0 Å². The van der Waals surface area contributed by atoms with Gasteiger partial charge in [0.05, 0.1) is 41.7 Å². The van der Waals surface area contributed by atoms with Gasteiger partial charge in [0, 0.05) is 35.9 Å². The van der Waals surface area contributed by atoms with E-state index >= 15 is 4.39 Å². The van der Waals surface area contributed by atoms with E-state index in [0.717, 1.165) is 11.1 Å². The zero-order valence-corrected chi connectivity index (χ0v) is 23.2. The van der Waals surface area contributed by atoms with E-state index in [4.69, 9.17) is 11.6 Å². The third-order valence-electron chi connectivity index (χ3n) is 6.73. The number of hydrogen-bond acceptors (Lipinski definition) is 8. The van der Waals surface area contributed by atoms with Crippen LogP contribution in [0.4, 0.5) is 14.9 Å². The summed E-state index contributed by atoms with van der Waals surface area (Å²) in [5.74, 6) is -0.708. The van der Waals surface area contributed by atoms with Crippen molar-refractivity contribution in [2.45, 2.75) is 12.6 Å². The quantitative estimate of drug-likeness (QED) is 0.201. The van der Waals surface area contributed by atoms with Crippen LogP contribution in [0.2, 0.25) is 5.02 Å². The van der Waals surface area contributed by atoms with Crippen LogP contribution in [0.15, 0.2) is 91.9 Å². The first-order valence-electron chi connectivity index (χ1n) is 12.8. The van der Waals surface area contributed by atoms with Crippen molar-refractivity contribution in [1.29, 1.82) is 0 Å². The number of pyridine rings is 1. The zero-order valence-electron chi connectivity index (χ0n) is 22.5. The van der Waals surface area contributed by atoms with Crippen LogP contribution in [0.1, 0.15) is 11.7 Å². The molecule has 15 heteroatoms. The molecule has 0 bridgehead atoms. The molecule has 6 rings (SSSR count). The fourth-order valence-corrected chi connectivity index (χ4v) is 4.80. The highest BCUT2D eigenvalue weighted by Gasteiger charge is 2.26. The number of hydrogen-bond donors (Lipinski definition) is 1. The Morgan fingerprint density at radius 1 is 1.12 bits per heavy atom. The van der Waals surface area contributed by atoms with Crippen LogP contribution in [-0.2, 0) is 11.3 Å². The Bertz CT molecular complexity index is 1880. The lowest BCUT2D eigenvalue weighted by Gasteiger charge is -2.18. The lowest BCUT2D eigenvalue weighted by atomic mass is 10.0. The summed E-state index contributed by atoms with van der Waals surface area (Å²) >= 11 is 6.10. The van der Waals surface area contributed by atoms with Crippen molar-refractivity contribution in [1.82, 2.24) is 39.8 Å². The average molecular weight is 601 g/mol. The molecular formula is C28H22ClFN10O3. The standard InChI is InChI=1S/C28H22ClFN10O3/c1-43-28(41)34-21-6-3-18(4-7-21)20-13-33-38(14-20)25(16-37-12-2-11-32-37)23-9-5-19(15-40(23)42)26-24(39-17-31-35-36-39)10-8-22(29)27(26)30/h2-15,17,25H,16H2,1H3,(H,34,41)/t25-/m0/s1. The van der Waals surface area contributed by atoms with Gasteiger partial charge in [-0.05, 0) is 52.4 Å². The van der Waals surface area contributed by atoms with Gasteiger partial charge in [0.2, 0.25) is 5.69 Å². The maximum Gasteiger partial charge on any atom is 0.411 e. The molecule has 0 unspecified atom stereocenters. The molecule has 0 saturated heterocycles. The van der Waals surface area contributed by atoms with Crippen molar-refractivity contribution in [3.05, 3.63) is 114 Å². The van der Waals surface area contributed by atoms with E-state index in [1.807, 2.05) is 18.3 Å². The normalized spacial score (nSPS) is 11.8. The zero-order chi connectivity index (χ0) is 29.9. The Labute approximate surface area is 248 Å². The van der Waals surface area contributed by atoms with Crippen LogP contribution in [-0.4, -0.2) is 53.0 Å². The van der Waals surface area contributed by atoms with Gasteiger partial charge in [-0.3, -0.25) is 14.7 Å². The number of carbonyl (C=O) groups is 1. The molecular weight excluding hydrogens is 579 g/mol. The van der Waals surface area contributed by atoms with Crippen molar-refractivity contribution in [3.8, 4) is 27.9 Å². The molecule has 1 N–H and O–H groups in total. The molecule has 216 valence electrons. The highest BCUT2D eigenvalue weighted by Crippen LogP contribution is 2.33. The molecule has 0 aliphatic carbocycles. The van der Waals surface area contributed by atoms with Crippen molar-refractivity contribution in [3.63, 3.8) is 0 Å². The number of methoxy groups -OCH3 is 1. The number of anilines is 1. The van der Waals surface area contributed by atoms with Crippen LogP contribution in [0.25, 0.3) is 27.9 Å². The topological polar surface area (TPSA) is 145 Å². The van der Waals surface area contributed by atoms with Crippen molar-refractivity contribution in [2.24, 2.45) is 0 Å². The summed E-state index contributed by atoms with van der Waals surface area (Å²) in [5.41, 5.74) is 3.23. The predicted octanol–water partition coefficient (Wildman–Crippen LogP) is 4.28. The molecule has 2 aromatic carbocycles. The van der Waals surface area contributed by atoms with Gasteiger partial charge in [0.1, 0.15) is 6.33 Å². The molecule has 0 aliphatic heterocycles. The third kappa shape index (κ3) is 5.63. The second-order valence-electron chi connectivity index (χ2n) is 9.33. The smallest absolute Gasteiger partial charge is 0.411 e. The Balaban J connectivity index is 1.36. The molecule has 4 aromatic heterocycles. The number of tetrazole rings is 1. The van der Waals surface area contributed by atoms with Crippen molar-refractivity contribution < 1.29 is 18.7 Å². The molecule has 6 aromatic rings. The molecule has 0 fully saturated rings. The molecule has 1 amide bonds. The molecule has 4 heterocycles. The van der Waals surface area contributed by atoms with Crippen LogP contribution in [0, 0.1) is 11.0 Å². The Kier molecular flexibility index (Phi) is 7.49. The first-order chi connectivity index (χ1) is 20.9. The van der Waals surface area contributed by atoms with E-state index in [9.17, 15) is 10.0 Å². The third-order valence-corrected chi connectivity index (χ3v) is 7.03. The number of rotatable bonds is 8. The van der Waals surface area contributed by atoms with Crippen LogP contribution in [0.5, 0.6) is 0 Å². The highest BCUT2D eigenvalue weighted by molar-refractivity contribution is 6.31. The Morgan fingerprint density at radius 2 is 1.93 bits per heavy atom. The SMILES string of the molecule is COC(=O)Nc1ccc(-c2cnn([C@@H](Cn3cccn3)c3ccc(-c4c(-n5cnnn5)ccc(Cl)c4F)c[n+]3[O-])c2)cc1. The maximum atomic E-state index is 15.3. The molecule has 0 aliphatic rings. The largest absolute Gasteiger partial charge is 0.618 e. The fourth-order valence-electron chi connectivity index (χ4n) is 4.65. The number of nitrogens with one attached hydrogen (secondary N) is 1. The summed E-state index contributed by atoms with van der Waals surface area (Å²) < 4.78 is 25.3. The average Bonchev–Trinajstić information content (AvgIpc) is 3.82. The number of ether oxygens (including phenoxy) is 1. The second-order valence-corrected chi connectivity index (χ2v) is 9.73. The van der Waals surface area contributed by atoms with E-state index in [2.05, 4.69) is 35.8 Å². The lowest BCUT2D eigenvalue weighted by molar-refractivity contribution is -0.615. The van der Waals surface area contributed by atoms with Crippen LogP contribution >= 0.6 is 11.6 Å². The summed E-state index contributed by atoms with van der Waals surface area (Å²) in [6.45, 7) is 0.291. The van der Waals surface area contributed by atoms with Gasteiger partial charge in [-0.25, -0.2) is 9.18 Å². The summed E-state index contributed by atoms with van der Waals surface area (Å²) in [6.07, 6.45) is 8.97. The van der Waals surface area contributed by atoms with Gasteiger partial charge in [-0.15, -0.1) is 5.10 Å².